The predicted molar refractivity (Wildman–Crippen MR) is 109 cm³/mol. The molecule has 0 fully saturated rings. The standard InChI is InChI=1S/C22H28N2O3/c1-5-9-17-12-13-20(21(14-17)26-4)27-16-22(25)23-15-19(24(2)3)18-10-7-6-8-11-18/h5-14,19H,15-16H2,1-4H3,(H,23,25). The topological polar surface area (TPSA) is 50.8 Å². The van der Waals surface area contributed by atoms with Gasteiger partial charge in [-0.15, -0.1) is 0 Å². The highest BCUT2D eigenvalue weighted by molar-refractivity contribution is 5.77. The molecule has 1 N–H and O–H groups in total. The van der Waals surface area contributed by atoms with Crippen molar-refractivity contribution in [3.05, 3.63) is 65.7 Å². The highest BCUT2D eigenvalue weighted by atomic mass is 16.5. The SMILES string of the molecule is CC=Cc1ccc(OCC(=O)NCC(c2ccccc2)N(C)C)c(OC)c1. The van der Waals surface area contributed by atoms with Crippen LogP contribution in [-0.4, -0.2) is 45.2 Å². The summed E-state index contributed by atoms with van der Waals surface area (Å²) >= 11 is 0. The van der Waals surface area contributed by atoms with Crippen LogP contribution in [0.4, 0.5) is 0 Å². The molecule has 0 heterocycles. The van der Waals surface area contributed by atoms with Gasteiger partial charge in [0.25, 0.3) is 5.91 Å². The summed E-state index contributed by atoms with van der Waals surface area (Å²) in [5, 5.41) is 2.94. The number of allylic oxidation sites excluding steroid dienone is 1. The fourth-order valence-electron chi connectivity index (χ4n) is 2.78. The predicted octanol–water partition coefficient (Wildman–Crippen LogP) is 3.53. The number of rotatable bonds is 9. The van der Waals surface area contributed by atoms with Crippen molar-refractivity contribution in [2.45, 2.75) is 13.0 Å². The lowest BCUT2D eigenvalue weighted by atomic mass is 10.1. The van der Waals surface area contributed by atoms with Crippen molar-refractivity contribution in [3.8, 4) is 11.5 Å². The molecule has 27 heavy (non-hydrogen) atoms. The molecular formula is C22H28N2O3. The number of amides is 1. The zero-order chi connectivity index (χ0) is 19.6. The van der Waals surface area contributed by atoms with Gasteiger partial charge in [0.2, 0.25) is 0 Å². The van der Waals surface area contributed by atoms with Gasteiger partial charge in [-0.25, -0.2) is 0 Å². The van der Waals surface area contributed by atoms with E-state index in [0.29, 0.717) is 18.0 Å². The maximum Gasteiger partial charge on any atom is 0.258 e. The Morgan fingerprint density at radius 3 is 2.52 bits per heavy atom. The molecule has 5 nitrogen and oxygen atoms in total. The van der Waals surface area contributed by atoms with Gasteiger partial charge in [-0.1, -0.05) is 48.6 Å². The smallest absolute Gasteiger partial charge is 0.258 e. The molecule has 0 spiro atoms. The van der Waals surface area contributed by atoms with Crippen LogP contribution in [0.2, 0.25) is 0 Å². The van der Waals surface area contributed by atoms with Crippen LogP contribution in [0, 0.1) is 0 Å². The van der Waals surface area contributed by atoms with Crippen molar-refractivity contribution in [2.75, 3.05) is 34.4 Å². The normalized spacial score (nSPS) is 12.2. The largest absolute Gasteiger partial charge is 0.493 e. The van der Waals surface area contributed by atoms with E-state index in [-0.39, 0.29) is 18.6 Å². The number of carbonyl (C=O) groups is 1. The van der Waals surface area contributed by atoms with E-state index in [1.54, 1.807) is 7.11 Å². The van der Waals surface area contributed by atoms with Gasteiger partial charge in [0.1, 0.15) is 0 Å². The minimum atomic E-state index is -0.169. The number of carbonyl (C=O) groups excluding carboxylic acids is 1. The molecule has 0 saturated carbocycles. The molecule has 2 aromatic carbocycles. The maximum absolute atomic E-state index is 12.2. The second-order valence-electron chi connectivity index (χ2n) is 6.39. The van der Waals surface area contributed by atoms with Gasteiger partial charge in [-0.2, -0.15) is 0 Å². The second kappa shape index (κ2) is 10.4. The van der Waals surface area contributed by atoms with E-state index in [9.17, 15) is 4.79 Å². The van der Waals surface area contributed by atoms with Gasteiger partial charge < -0.3 is 19.7 Å². The number of methoxy groups -OCH3 is 1. The highest BCUT2D eigenvalue weighted by Crippen LogP contribution is 2.28. The Morgan fingerprint density at radius 2 is 1.89 bits per heavy atom. The summed E-state index contributed by atoms with van der Waals surface area (Å²) in [6.45, 7) is 2.41. The second-order valence-corrected chi connectivity index (χ2v) is 6.39. The molecule has 0 aromatic heterocycles. The average molecular weight is 368 g/mol. The molecule has 0 saturated heterocycles. The van der Waals surface area contributed by atoms with E-state index >= 15 is 0 Å². The number of benzene rings is 2. The van der Waals surface area contributed by atoms with Gasteiger partial charge in [0.15, 0.2) is 18.1 Å². The van der Waals surface area contributed by atoms with Crippen molar-refractivity contribution in [1.29, 1.82) is 0 Å². The fraction of sp³-hybridized carbons (Fsp3) is 0.318. The zero-order valence-electron chi connectivity index (χ0n) is 16.4. The molecule has 1 atom stereocenters. The molecule has 1 amide bonds. The lowest BCUT2D eigenvalue weighted by Crippen LogP contribution is -2.36. The molecule has 0 radical (unpaired) electrons. The first-order valence-electron chi connectivity index (χ1n) is 8.96. The Labute approximate surface area is 161 Å². The van der Waals surface area contributed by atoms with Gasteiger partial charge in [0, 0.05) is 6.54 Å². The van der Waals surface area contributed by atoms with Gasteiger partial charge in [-0.05, 0) is 44.3 Å². The third-order valence-electron chi connectivity index (χ3n) is 4.21. The van der Waals surface area contributed by atoms with E-state index < -0.39 is 0 Å². The Bertz CT molecular complexity index is 757. The maximum atomic E-state index is 12.2. The van der Waals surface area contributed by atoms with Crippen LogP contribution in [0.5, 0.6) is 11.5 Å². The van der Waals surface area contributed by atoms with Crippen molar-refractivity contribution in [3.63, 3.8) is 0 Å². The van der Waals surface area contributed by atoms with Gasteiger partial charge in [0.05, 0.1) is 13.2 Å². The fourth-order valence-corrected chi connectivity index (χ4v) is 2.78. The number of hydrogen-bond donors (Lipinski definition) is 1. The summed E-state index contributed by atoms with van der Waals surface area (Å²) in [7, 11) is 5.58. The van der Waals surface area contributed by atoms with E-state index in [0.717, 1.165) is 11.1 Å². The first-order valence-corrected chi connectivity index (χ1v) is 8.96. The Hall–Kier alpha value is -2.79. The molecule has 144 valence electrons. The molecule has 0 aliphatic carbocycles. The molecule has 1 unspecified atom stereocenters. The van der Waals surface area contributed by atoms with E-state index in [4.69, 9.17) is 9.47 Å². The third-order valence-corrected chi connectivity index (χ3v) is 4.21. The van der Waals surface area contributed by atoms with Crippen molar-refractivity contribution in [1.82, 2.24) is 10.2 Å². The first kappa shape index (κ1) is 20.5. The number of likely N-dealkylation sites (N-methyl/N-ethyl adjacent to an activating group) is 1. The van der Waals surface area contributed by atoms with E-state index in [1.165, 1.54) is 0 Å². The average Bonchev–Trinajstić information content (AvgIpc) is 2.67. The van der Waals surface area contributed by atoms with Crippen LogP contribution < -0.4 is 14.8 Å². The Morgan fingerprint density at radius 1 is 1.15 bits per heavy atom. The summed E-state index contributed by atoms with van der Waals surface area (Å²) in [6, 6.07) is 15.8. The molecule has 0 aliphatic heterocycles. The van der Waals surface area contributed by atoms with Gasteiger partial charge in [-0.3, -0.25) is 4.79 Å². The summed E-state index contributed by atoms with van der Waals surface area (Å²) in [5.41, 5.74) is 2.17. The summed E-state index contributed by atoms with van der Waals surface area (Å²) in [6.07, 6.45) is 3.93. The molecule has 2 aromatic rings. The molecule has 2 rings (SSSR count). The van der Waals surface area contributed by atoms with Crippen LogP contribution in [0.3, 0.4) is 0 Å². The van der Waals surface area contributed by atoms with Crippen LogP contribution in [0.15, 0.2) is 54.6 Å². The summed E-state index contributed by atoms with van der Waals surface area (Å²) in [5.74, 6) is 0.986. The molecule has 0 bridgehead atoms. The van der Waals surface area contributed by atoms with E-state index in [2.05, 4.69) is 22.3 Å². The first-order chi connectivity index (χ1) is 13.0. The van der Waals surface area contributed by atoms with Crippen molar-refractivity contribution in [2.24, 2.45) is 0 Å². The number of hydrogen-bond acceptors (Lipinski definition) is 4. The lowest BCUT2D eigenvalue weighted by molar-refractivity contribution is -0.123. The van der Waals surface area contributed by atoms with Crippen LogP contribution in [0.1, 0.15) is 24.1 Å². The number of nitrogens with one attached hydrogen (secondary N) is 1. The minimum Gasteiger partial charge on any atom is -0.493 e. The number of nitrogens with zero attached hydrogens (tertiary/aromatic N) is 1. The zero-order valence-corrected chi connectivity index (χ0v) is 16.4. The van der Waals surface area contributed by atoms with Crippen LogP contribution >= 0.6 is 0 Å². The number of ether oxygens (including phenoxy) is 2. The van der Waals surface area contributed by atoms with Crippen molar-refractivity contribution < 1.29 is 14.3 Å². The lowest BCUT2D eigenvalue weighted by Gasteiger charge is -2.25. The molecular weight excluding hydrogens is 340 g/mol. The summed E-state index contributed by atoms with van der Waals surface area (Å²) in [4.78, 5) is 14.3. The monoisotopic (exact) mass is 368 g/mol. The van der Waals surface area contributed by atoms with Gasteiger partial charge >= 0.3 is 0 Å². The third kappa shape index (κ3) is 6.15. The van der Waals surface area contributed by atoms with Crippen molar-refractivity contribution >= 4 is 12.0 Å². The van der Waals surface area contributed by atoms with E-state index in [1.807, 2.05) is 69.6 Å². The Kier molecular flexibility index (Phi) is 7.89. The van der Waals surface area contributed by atoms with Crippen LogP contribution in [-0.2, 0) is 4.79 Å². The summed E-state index contributed by atoms with van der Waals surface area (Å²) < 4.78 is 11.0. The quantitative estimate of drug-likeness (QED) is 0.736. The molecule has 5 heteroatoms. The molecule has 0 aliphatic rings. The Balaban J connectivity index is 1.92. The highest BCUT2D eigenvalue weighted by Gasteiger charge is 2.15. The van der Waals surface area contributed by atoms with Crippen LogP contribution in [0.25, 0.3) is 6.08 Å². The minimum absolute atomic E-state index is 0.0612.